The Balaban J connectivity index is 2.44. The number of hydrogen-bond acceptors (Lipinski definition) is 5. The molecular formula is C9H10N4O2. The van der Waals surface area contributed by atoms with E-state index in [9.17, 15) is 5.21 Å². The summed E-state index contributed by atoms with van der Waals surface area (Å²) in [5.41, 5.74) is 3.14. The molecule has 1 aliphatic heterocycles. The lowest BCUT2D eigenvalue weighted by Gasteiger charge is -2.07. The fourth-order valence-electron chi connectivity index (χ4n) is 1.42. The second-order valence-corrected chi connectivity index (χ2v) is 3.04. The number of rotatable bonds is 2. The maximum absolute atomic E-state index is 10.1. The Hall–Kier alpha value is -2.08. The monoisotopic (exact) mass is 206 g/mol. The van der Waals surface area contributed by atoms with E-state index < -0.39 is 0 Å². The predicted octanol–water partition coefficient (Wildman–Crippen LogP) is 0.618. The van der Waals surface area contributed by atoms with Crippen molar-refractivity contribution in [1.29, 1.82) is 0 Å². The minimum Gasteiger partial charge on any atom is -0.775 e. The smallest absolute Gasteiger partial charge is 0.331 e. The Morgan fingerprint density at radius 2 is 2.07 bits per heavy atom. The zero-order chi connectivity index (χ0) is 10.7. The summed E-state index contributed by atoms with van der Waals surface area (Å²) in [4.78, 5) is 5.09. The van der Waals surface area contributed by atoms with Gasteiger partial charge in [0, 0.05) is 5.56 Å². The summed E-state index contributed by atoms with van der Waals surface area (Å²) in [6, 6.07) is 9.54. The third-order valence-electron chi connectivity index (χ3n) is 2.06. The van der Waals surface area contributed by atoms with E-state index >= 15 is 0 Å². The fourth-order valence-corrected chi connectivity index (χ4v) is 1.42. The van der Waals surface area contributed by atoms with Gasteiger partial charge in [0.25, 0.3) is 0 Å². The molecule has 1 aromatic rings. The third kappa shape index (κ3) is 1.75. The maximum Gasteiger partial charge on any atom is 0.331 e. The van der Waals surface area contributed by atoms with E-state index in [1.165, 1.54) is 5.59 Å². The van der Waals surface area contributed by atoms with Crippen LogP contribution in [0.15, 0.2) is 46.6 Å². The zero-order valence-corrected chi connectivity index (χ0v) is 8.12. The first-order valence-corrected chi connectivity index (χ1v) is 4.39. The van der Waals surface area contributed by atoms with Gasteiger partial charge in [-0.05, 0) is 0 Å². The summed E-state index contributed by atoms with van der Waals surface area (Å²) < 4.78 is 0. The number of nitrogens with two attached hydrogens (primary N) is 1. The Morgan fingerprint density at radius 3 is 2.73 bits per heavy atom. The van der Waals surface area contributed by atoms with Crippen LogP contribution in [-0.4, -0.2) is 12.1 Å². The van der Waals surface area contributed by atoms with Crippen LogP contribution >= 0.6 is 0 Å². The van der Waals surface area contributed by atoms with Crippen LogP contribution in [-0.2, 0) is 4.84 Å². The summed E-state index contributed by atoms with van der Waals surface area (Å²) in [5.74, 6) is 0.221. The van der Waals surface area contributed by atoms with Crippen molar-refractivity contribution in [3.63, 3.8) is 0 Å². The van der Waals surface area contributed by atoms with Gasteiger partial charge in [0.05, 0.1) is 7.05 Å². The highest BCUT2D eigenvalue weighted by Crippen LogP contribution is 2.22. The summed E-state index contributed by atoms with van der Waals surface area (Å²) in [6.07, 6.45) is 0. The molecule has 0 spiro atoms. The van der Waals surface area contributed by atoms with E-state index in [-0.39, 0.29) is 5.88 Å². The molecule has 0 bridgehead atoms. The van der Waals surface area contributed by atoms with Gasteiger partial charge in [0.2, 0.25) is 0 Å². The Labute approximate surface area is 86.4 Å². The summed E-state index contributed by atoms with van der Waals surface area (Å²) >= 11 is 0. The zero-order valence-electron chi connectivity index (χ0n) is 8.12. The normalized spacial score (nSPS) is 16.2. The van der Waals surface area contributed by atoms with Crippen molar-refractivity contribution in [1.82, 2.24) is 5.01 Å². The van der Waals surface area contributed by atoms with Crippen LogP contribution < -0.4 is 5.59 Å². The van der Waals surface area contributed by atoms with Crippen molar-refractivity contribution >= 4 is 5.70 Å². The van der Waals surface area contributed by atoms with E-state index in [0.29, 0.717) is 0 Å². The molecule has 0 radical (unpaired) electrons. The molecule has 0 aromatic heterocycles. The number of nitrogens with zero attached hydrogens (tertiary/aromatic N) is 3. The number of hydrogen-bond donors (Lipinski definition) is 1. The Kier molecular flexibility index (Phi) is 2.51. The van der Waals surface area contributed by atoms with Crippen LogP contribution in [0.25, 0.3) is 5.70 Å². The average molecular weight is 206 g/mol. The topological polar surface area (TPSA) is 76.9 Å². The molecule has 0 fully saturated rings. The van der Waals surface area contributed by atoms with Gasteiger partial charge >= 0.3 is 5.88 Å². The van der Waals surface area contributed by atoms with Crippen LogP contribution in [0.4, 0.5) is 0 Å². The summed E-state index contributed by atoms with van der Waals surface area (Å²) in [7, 11) is 1.82. The van der Waals surface area contributed by atoms with E-state index in [0.717, 1.165) is 11.3 Å². The van der Waals surface area contributed by atoms with E-state index in [2.05, 4.69) is 10.4 Å². The van der Waals surface area contributed by atoms with E-state index in [1.54, 1.807) is 5.01 Å². The molecule has 0 saturated heterocycles. The highest BCUT2D eigenvalue weighted by Gasteiger charge is 2.26. The van der Waals surface area contributed by atoms with Gasteiger partial charge in [-0.25, -0.2) is 5.28 Å². The quantitative estimate of drug-likeness (QED) is 0.437. The fraction of sp³-hybridized carbons (Fsp3) is 0.111. The first kappa shape index (κ1) is 9.47. The van der Waals surface area contributed by atoms with Gasteiger partial charge in [0.15, 0.2) is 5.70 Å². The van der Waals surface area contributed by atoms with Crippen LogP contribution in [0.3, 0.4) is 0 Å². The molecule has 6 nitrogen and oxygen atoms in total. The molecule has 78 valence electrons. The number of benzene rings is 1. The highest BCUT2D eigenvalue weighted by molar-refractivity contribution is 5.64. The Bertz CT molecular complexity index is 402. The second kappa shape index (κ2) is 3.97. The number of quaternary nitrogens is 1. The molecular weight excluding hydrogens is 196 g/mol. The van der Waals surface area contributed by atoms with E-state index in [4.69, 9.17) is 4.84 Å². The van der Waals surface area contributed by atoms with Crippen molar-refractivity contribution < 1.29 is 10.4 Å². The van der Waals surface area contributed by atoms with Crippen LogP contribution in [0.1, 0.15) is 5.56 Å². The lowest BCUT2D eigenvalue weighted by Crippen LogP contribution is -2.88. The van der Waals surface area contributed by atoms with Gasteiger partial charge in [-0.3, -0.25) is 4.84 Å². The van der Waals surface area contributed by atoms with E-state index in [1.807, 2.05) is 37.4 Å². The first-order valence-electron chi connectivity index (χ1n) is 4.39. The van der Waals surface area contributed by atoms with Gasteiger partial charge in [-0.15, -0.1) is 5.11 Å². The molecule has 1 heterocycles. The van der Waals surface area contributed by atoms with Gasteiger partial charge < -0.3 is 5.21 Å². The third-order valence-corrected chi connectivity index (χ3v) is 2.06. The lowest BCUT2D eigenvalue weighted by atomic mass is 10.1. The van der Waals surface area contributed by atoms with Crippen molar-refractivity contribution in [2.45, 2.75) is 0 Å². The molecule has 1 aromatic carbocycles. The average Bonchev–Trinajstić information content (AvgIpc) is 2.62. The standard InChI is InChI=1S/C9H10N4O2/c1-13-8(7-5-3-2-4-6-7)9(10-11-14)15-12-13/h2-6,12H,1H3,(H,10,14). The van der Waals surface area contributed by atoms with Gasteiger partial charge in [-0.2, -0.15) is 5.01 Å². The molecule has 0 atom stereocenters. The van der Waals surface area contributed by atoms with Crippen molar-refractivity contribution in [3.05, 3.63) is 47.0 Å². The predicted molar refractivity (Wildman–Crippen MR) is 52.4 cm³/mol. The highest BCUT2D eigenvalue weighted by atomic mass is 16.7. The minimum atomic E-state index is 0.221. The first-order chi connectivity index (χ1) is 7.33. The largest absolute Gasteiger partial charge is 0.775 e. The van der Waals surface area contributed by atoms with Crippen LogP contribution in [0.2, 0.25) is 0 Å². The molecule has 0 saturated carbocycles. The SMILES string of the molecule is CN1[NH2+]OC(/N=N/[O-])=C1c1ccccc1. The van der Waals surface area contributed by atoms with Crippen LogP contribution in [0.5, 0.6) is 0 Å². The Morgan fingerprint density at radius 1 is 1.33 bits per heavy atom. The molecule has 0 aliphatic carbocycles. The minimum absolute atomic E-state index is 0.221. The molecule has 6 heteroatoms. The summed E-state index contributed by atoms with van der Waals surface area (Å²) in [5, 5.41) is 17.7. The molecule has 2 rings (SSSR count). The van der Waals surface area contributed by atoms with Crippen LogP contribution in [0, 0.1) is 5.21 Å². The molecule has 15 heavy (non-hydrogen) atoms. The maximum atomic E-state index is 10.1. The molecule has 2 N–H and O–H groups in total. The molecule has 0 amide bonds. The van der Waals surface area contributed by atoms with Crippen molar-refractivity contribution in [2.24, 2.45) is 10.4 Å². The molecule has 0 unspecified atom stereocenters. The molecule has 1 aliphatic rings. The lowest BCUT2D eigenvalue weighted by molar-refractivity contribution is -0.966. The van der Waals surface area contributed by atoms with Crippen molar-refractivity contribution in [2.75, 3.05) is 7.05 Å². The van der Waals surface area contributed by atoms with Crippen molar-refractivity contribution in [3.8, 4) is 0 Å². The van der Waals surface area contributed by atoms with Gasteiger partial charge in [-0.1, -0.05) is 35.9 Å². The summed E-state index contributed by atoms with van der Waals surface area (Å²) in [6.45, 7) is 0. The van der Waals surface area contributed by atoms with Gasteiger partial charge in [0.1, 0.15) is 0 Å². The second-order valence-electron chi connectivity index (χ2n) is 3.04.